The third-order valence-corrected chi connectivity index (χ3v) is 3.39. The SMILES string of the molecule is O=c1[nH]ccc(Cl)c1-c1noc(-c2cc(O)c(O)c([N+](=O)[O-])c2)n1. The quantitative estimate of drug-likeness (QED) is 0.368. The first-order valence-electron chi connectivity index (χ1n) is 6.30. The molecule has 3 rings (SSSR count). The highest BCUT2D eigenvalue weighted by Crippen LogP contribution is 2.39. The van der Waals surface area contributed by atoms with Crippen molar-refractivity contribution in [2.24, 2.45) is 0 Å². The minimum Gasteiger partial charge on any atom is -0.504 e. The average molecular weight is 351 g/mol. The van der Waals surface area contributed by atoms with Crippen molar-refractivity contribution in [1.29, 1.82) is 0 Å². The molecule has 1 aromatic carbocycles. The van der Waals surface area contributed by atoms with Crippen molar-refractivity contribution in [2.45, 2.75) is 0 Å². The fraction of sp³-hybridized carbons (Fsp3) is 0. The van der Waals surface area contributed by atoms with E-state index in [0.29, 0.717) is 0 Å². The van der Waals surface area contributed by atoms with Gasteiger partial charge in [-0.25, -0.2) is 0 Å². The molecule has 2 heterocycles. The van der Waals surface area contributed by atoms with E-state index < -0.39 is 27.7 Å². The summed E-state index contributed by atoms with van der Waals surface area (Å²) in [4.78, 5) is 28.2. The predicted molar refractivity (Wildman–Crippen MR) is 80.8 cm³/mol. The van der Waals surface area contributed by atoms with Gasteiger partial charge >= 0.3 is 5.69 Å². The first-order chi connectivity index (χ1) is 11.4. The summed E-state index contributed by atoms with van der Waals surface area (Å²) in [6, 6.07) is 3.38. The van der Waals surface area contributed by atoms with E-state index in [1.165, 1.54) is 12.3 Å². The lowest BCUT2D eigenvalue weighted by atomic mass is 10.1. The van der Waals surface area contributed by atoms with E-state index in [-0.39, 0.29) is 27.9 Å². The number of aromatic amines is 1. The van der Waals surface area contributed by atoms with Gasteiger partial charge in [-0.05, 0) is 12.1 Å². The number of rotatable bonds is 3. The van der Waals surface area contributed by atoms with Crippen LogP contribution in [0.2, 0.25) is 5.02 Å². The zero-order valence-electron chi connectivity index (χ0n) is 11.6. The number of H-pyrrole nitrogens is 1. The molecule has 24 heavy (non-hydrogen) atoms. The topological polar surface area (TPSA) is 155 Å². The number of nitro groups is 1. The predicted octanol–water partition coefficient (Wildman–Crippen LogP) is 2.06. The van der Waals surface area contributed by atoms with Gasteiger partial charge in [0, 0.05) is 12.3 Å². The van der Waals surface area contributed by atoms with E-state index in [1.54, 1.807) is 0 Å². The molecule has 10 nitrogen and oxygen atoms in total. The average Bonchev–Trinajstić information content (AvgIpc) is 2.99. The Morgan fingerprint density at radius 3 is 2.75 bits per heavy atom. The van der Waals surface area contributed by atoms with Crippen molar-refractivity contribution in [1.82, 2.24) is 15.1 Å². The Hall–Kier alpha value is -3.40. The van der Waals surface area contributed by atoms with E-state index >= 15 is 0 Å². The molecule has 0 atom stereocenters. The molecule has 3 aromatic rings. The Balaban J connectivity index is 2.12. The van der Waals surface area contributed by atoms with E-state index in [9.17, 15) is 25.1 Å². The number of aromatic nitrogens is 3. The number of aromatic hydroxyl groups is 2. The monoisotopic (exact) mass is 350 g/mol. The summed E-state index contributed by atoms with van der Waals surface area (Å²) in [6.07, 6.45) is 1.34. The van der Waals surface area contributed by atoms with E-state index in [1.807, 2.05) is 0 Å². The number of nitrogens with zero attached hydrogens (tertiary/aromatic N) is 3. The molecule has 0 spiro atoms. The highest BCUT2D eigenvalue weighted by atomic mass is 35.5. The highest BCUT2D eigenvalue weighted by Gasteiger charge is 2.23. The van der Waals surface area contributed by atoms with Crippen molar-refractivity contribution in [3.05, 3.63) is 49.9 Å². The maximum atomic E-state index is 11.8. The molecule has 0 fully saturated rings. The Kier molecular flexibility index (Phi) is 3.66. The van der Waals surface area contributed by atoms with E-state index in [2.05, 4.69) is 15.1 Å². The number of benzene rings is 1. The van der Waals surface area contributed by atoms with Gasteiger partial charge < -0.3 is 19.7 Å². The number of hydrogen-bond acceptors (Lipinski definition) is 8. The Morgan fingerprint density at radius 1 is 1.33 bits per heavy atom. The second-order valence-electron chi connectivity index (χ2n) is 4.57. The summed E-state index contributed by atoms with van der Waals surface area (Å²) >= 11 is 5.93. The van der Waals surface area contributed by atoms with Gasteiger partial charge in [0.05, 0.1) is 15.5 Å². The first-order valence-corrected chi connectivity index (χ1v) is 6.68. The summed E-state index contributed by atoms with van der Waals surface area (Å²) in [6.45, 7) is 0. The third-order valence-electron chi connectivity index (χ3n) is 3.07. The van der Waals surface area contributed by atoms with Crippen molar-refractivity contribution in [2.75, 3.05) is 0 Å². The minimum absolute atomic E-state index is 0.0146. The molecule has 0 saturated carbocycles. The van der Waals surface area contributed by atoms with E-state index in [4.69, 9.17) is 16.1 Å². The lowest BCUT2D eigenvalue weighted by Gasteiger charge is -2.01. The molecule has 3 N–H and O–H groups in total. The van der Waals surface area contributed by atoms with Crippen LogP contribution < -0.4 is 5.56 Å². The van der Waals surface area contributed by atoms with Crippen molar-refractivity contribution >= 4 is 17.3 Å². The normalized spacial score (nSPS) is 10.7. The molecule has 0 aliphatic rings. The van der Waals surface area contributed by atoms with Crippen LogP contribution in [0.5, 0.6) is 11.5 Å². The number of pyridine rings is 1. The second kappa shape index (κ2) is 5.66. The number of nitro benzene ring substituents is 1. The van der Waals surface area contributed by atoms with Crippen LogP contribution in [0, 0.1) is 10.1 Å². The van der Waals surface area contributed by atoms with Gasteiger partial charge in [0.25, 0.3) is 11.4 Å². The van der Waals surface area contributed by atoms with Gasteiger partial charge in [0.1, 0.15) is 5.56 Å². The van der Waals surface area contributed by atoms with Crippen LogP contribution in [0.3, 0.4) is 0 Å². The van der Waals surface area contributed by atoms with Crippen molar-refractivity contribution in [3.8, 4) is 34.3 Å². The molecular weight excluding hydrogens is 344 g/mol. The molecule has 0 radical (unpaired) electrons. The fourth-order valence-electron chi connectivity index (χ4n) is 1.97. The standard InChI is InChI=1S/C13H7ClN4O6/c14-6-1-2-15-12(21)9(6)11-16-13(24-17-11)5-3-7(18(22)23)10(20)8(19)4-5/h1-4,19-20H,(H,15,21). The molecule has 2 aromatic heterocycles. The third kappa shape index (κ3) is 2.54. The molecule has 0 aliphatic heterocycles. The fourth-order valence-corrected chi connectivity index (χ4v) is 2.21. The smallest absolute Gasteiger partial charge is 0.315 e. The lowest BCUT2D eigenvalue weighted by Crippen LogP contribution is -2.08. The number of phenolic OH excluding ortho intramolecular Hbond substituents is 2. The van der Waals surface area contributed by atoms with Crippen molar-refractivity contribution in [3.63, 3.8) is 0 Å². The second-order valence-corrected chi connectivity index (χ2v) is 4.98. The summed E-state index contributed by atoms with van der Waals surface area (Å²) < 4.78 is 4.96. The lowest BCUT2D eigenvalue weighted by molar-refractivity contribution is -0.385. The Labute approximate surface area is 137 Å². The van der Waals surface area contributed by atoms with Gasteiger partial charge in [-0.2, -0.15) is 4.98 Å². The first kappa shape index (κ1) is 15.5. The molecular formula is C13H7ClN4O6. The van der Waals surface area contributed by atoms with Crippen LogP contribution in [-0.2, 0) is 0 Å². The van der Waals surface area contributed by atoms with Gasteiger partial charge in [0.2, 0.25) is 11.6 Å². The number of halogens is 1. The van der Waals surface area contributed by atoms with Gasteiger partial charge in [-0.3, -0.25) is 14.9 Å². The highest BCUT2D eigenvalue weighted by molar-refractivity contribution is 6.33. The molecule has 0 saturated heterocycles. The summed E-state index contributed by atoms with van der Waals surface area (Å²) in [5.74, 6) is -1.95. The Morgan fingerprint density at radius 2 is 2.08 bits per heavy atom. The minimum atomic E-state index is -0.883. The maximum absolute atomic E-state index is 11.8. The largest absolute Gasteiger partial charge is 0.504 e. The molecule has 122 valence electrons. The van der Waals surface area contributed by atoms with Crippen LogP contribution in [0.15, 0.2) is 33.7 Å². The van der Waals surface area contributed by atoms with Crippen LogP contribution in [0.25, 0.3) is 22.8 Å². The van der Waals surface area contributed by atoms with Gasteiger partial charge in [-0.1, -0.05) is 16.8 Å². The maximum Gasteiger partial charge on any atom is 0.315 e. The number of phenols is 2. The summed E-state index contributed by atoms with van der Waals surface area (Å²) in [5.41, 5.74) is -1.33. The molecule has 0 unspecified atom stereocenters. The molecule has 0 aliphatic carbocycles. The molecule has 0 amide bonds. The number of nitrogens with one attached hydrogen (secondary N) is 1. The Bertz CT molecular complexity index is 1010. The number of hydrogen-bond donors (Lipinski definition) is 3. The van der Waals surface area contributed by atoms with E-state index in [0.717, 1.165) is 12.1 Å². The zero-order chi connectivity index (χ0) is 17.4. The van der Waals surface area contributed by atoms with Gasteiger partial charge in [0.15, 0.2) is 5.75 Å². The summed E-state index contributed by atoms with van der Waals surface area (Å²) in [5, 5.41) is 33.6. The zero-order valence-corrected chi connectivity index (χ0v) is 12.3. The van der Waals surface area contributed by atoms with Crippen LogP contribution in [0.4, 0.5) is 5.69 Å². The summed E-state index contributed by atoms with van der Waals surface area (Å²) in [7, 11) is 0. The van der Waals surface area contributed by atoms with Crippen LogP contribution >= 0.6 is 11.6 Å². The molecule has 11 heteroatoms. The van der Waals surface area contributed by atoms with Crippen LogP contribution in [-0.4, -0.2) is 30.3 Å². The van der Waals surface area contributed by atoms with Gasteiger partial charge in [-0.15, -0.1) is 0 Å². The van der Waals surface area contributed by atoms with Crippen LogP contribution in [0.1, 0.15) is 0 Å². The molecule has 0 bridgehead atoms. The van der Waals surface area contributed by atoms with Crippen molar-refractivity contribution < 1.29 is 19.7 Å².